The number of para-hydroxylation sites is 1. The number of benzene rings is 1. The van der Waals surface area contributed by atoms with Gasteiger partial charge >= 0.3 is 0 Å². The molecule has 0 aliphatic heterocycles. The zero-order valence-electron chi connectivity index (χ0n) is 9.26. The van der Waals surface area contributed by atoms with Crippen molar-refractivity contribution < 1.29 is 4.39 Å². The zero-order valence-corrected chi connectivity index (χ0v) is 9.26. The highest BCUT2D eigenvalue weighted by Crippen LogP contribution is 2.20. The molecular formula is C12H11FN4. The van der Waals surface area contributed by atoms with Crippen molar-refractivity contribution in [2.75, 3.05) is 5.32 Å². The first-order valence-corrected chi connectivity index (χ1v) is 5.10. The first-order valence-electron chi connectivity index (χ1n) is 5.10. The van der Waals surface area contributed by atoms with Crippen LogP contribution in [0.25, 0.3) is 0 Å². The van der Waals surface area contributed by atoms with E-state index in [9.17, 15) is 4.39 Å². The highest BCUT2D eigenvalue weighted by atomic mass is 19.1. The minimum Gasteiger partial charge on any atom is -0.364 e. The number of aromatic nitrogens is 2. The summed E-state index contributed by atoms with van der Waals surface area (Å²) in [7, 11) is 1.76. The van der Waals surface area contributed by atoms with Crippen LogP contribution in [0.2, 0.25) is 0 Å². The molecule has 4 nitrogen and oxygen atoms in total. The highest BCUT2D eigenvalue weighted by Gasteiger charge is 2.13. The summed E-state index contributed by atoms with van der Waals surface area (Å²) in [4.78, 5) is 0. The summed E-state index contributed by atoms with van der Waals surface area (Å²) in [6.07, 6.45) is 3.31. The summed E-state index contributed by atoms with van der Waals surface area (Å²) in [5, 5.41) is 15.9. The molecule has 0 aliphatic rings. The molecule has 1 aromatic heterocycles. The lowest BCUT2D eigenvalue weighted by Gasteiger charge is -2.11. The number of hydrogen-bond donors (Lipinski definition) is 1. The van der Waals surface area contributed by atoms with Crippen LogP contribution in [0.3, 0.4) is 0 Å². The minimum absolute atomic E-state index is 0.308. The maximum atomic E-state index is 13.4. The van der Waals surface area contributed by atoms with Gasteiger partial charge in [0.25, 0.3) is 0 Å². The summed E-state index contributed by atoms with van der Waals surface area (Å²) in [5.41, 5.74) is 1.01. The Bertz CT molecular complexity index is 556. The summed E-state index contributed by atoms with van der Waals surface area (Å²) in [5.74, 6) is -0.378. The zero-order chi connectivity index (χ0) is 12.3. The fourth-order valence-electron chi connectivity index (χ4n) is 1.51. The molecule has 1 atom stereocenters. The summed E-state index contributed by atoms with van der Waals surface area (Å²) in [6.45, 7) is 0. The predicted molar refractivity (Wildman–Crippen MR) is 61.6 cm³/mol. The SMILES string of the molecule is Cn1cc(C(C#N)Nc2ccccc2F)cn1. The fraction of sp³-hybridized carbons (Fsp3) is 0.167. The van der Waals surface area contributed by atoms with Gasteiger partial charge in [0.05, 0.1) is 18.0 Å². The maximum absolute atomic E-state index is 13.4. The Morgan fingerprint density at radius 1 is 1.47 bits per heavy atom. The molecule has 0 aliphatic carbocycles. The van der Waals surface area contributed by atoms with Gasteiger partial charge in [0.2, 0.25) is 0 Å². The Hall–Kier alpha value is -2.35. The normalized spacial score (nSPS) is 11.8. The monoisotopic (exact) mass is 230 g/mol. The van der Waals surface area contributed by atoms with Gasteiger partial charge in [-0.1, -0.05) is 12.1 Å². The van der Waals surface area contributed by atoms with E-state index >= 15 is 0 Å². The lowest BCUT2D eigenvalue weighted by Crippen LogP contribution is -2.08. The van der Waals surface area contributed by atoms with Gasteiger partial charge in [-0.3, -0.25) is 4.68 Å². The largest absolute Gasteiger partial charge is 0.364 e. The topological polar surface area (TPSA) is 53.6 Å². The molecule has 1 unspecified atom stereocenters. The van der Waals surface area contributed by atoms with Crippen molar-refractivity contribution in [2.24, 2.45) is 7.05 Å². The third-order valence-corrected chi connectivity index (χ3v) is 2.36. The van der Waals surface area contributed by atoms with E-state index in [1.54, 1.807) is 42.3 Å². The maximum Gasteiger partial charge on any atom is 0.146 e. The van der Waals surface area contributed by atoms with Crippen LogP contribution in [0.1, 0.15) is 11.6 Å². The number of hydrogen-bond acceptors (Lipinski definition) is 3. The quantitative estimate of drug-likeness (QED) is 0.879. The van der Waals surface area contributed by atoms with Crippen LogP contribution in [0.5, 0.6) is 0 Å². The van der Waals surface area contributed by atoms with Crippen LogP contribution in [0.4, 0.5) is 10.1 Å². The molecular weight excluding hydrogens is 219 g/mol. The molecule has 0 spiro atoms. The van der Waals surface area contributed by atoms with Crippen LogP contribution in [0.15, 0.2) is 36.7 Å². The Kier molecular flexibility index (Phi) is 3.06. The Morgan fingerprint density at radius 2 is 2.24 bits per heavy atom. The Labute approximate surface area is 98.3 Å². The molecule has 0 radical (unpaired) electrons. The number of halogens is 1. The van der Waals surface area contributed by atoms with Gasteiger partial charge in [0, 0.05) is 18.8 Å². The van der Waals surface area contributed by atoms with Crippen LogP contribution < -0.4 is 5.32 Å². The number of aryl methyl sites for hydroxylation is 1. The summed E-state index contributed by atoms with van der Waals surface area (Å²) in [6, 6.07) is 7.72. The molecule has 2 rings (SSSR count). The second-order valence-electron chi connectivity index (χ2n) is 3.63. The number of anilines is 1. The van der Waals surface area contributed by atoms with Gasteiger partial charge in [-0.25, -0.2) is 4.39 Å². The second-order valence-corrected chi connectivity index (χ2v) is 3.63. The molecule has 0 bridgehead atoms. The molecule has 0 fully saturated rings. The van der Waals surface area contributed by atoms with Gasteiger partial charge in [-0.05, 0) is 12.1 Å². The van der Waals surface area contributed by atoms with E-state index in [2.05, 4.69) is 16.5 Å². The van der Waals surface area contributed by atoms with Crippen molar-refractivity contribution in [1.82, 2.24) is 9.78 Å². The average molecular weight is 230 g/mol. The van der Waals surface area contributed by atoms with E-state index in [4.69, 9.17) is 5.26 Å². The van der Waals surface area contributed by atoms with E-state index in [0.29, 0.717) is 11.3 Å². The van der Waals surface area contributed by atoms with E-state index < -0.39 is 6.04 Å². The van der Waals surface area contributed by atoms with Gasteiger partial charge in [0.15, 0.2) is 0 Å². The van der Waals surface area contributed by atoms with Crippen molar-refractivity contribution >= 4 is 5.69 Å². The number of rotatable bonds is 3. The minimum atomic E-state index is -0.611. The number of nitrogens with one attached hydrogen (secondary N) is 1. The third-order valence-electron chi connectivity index (χ3n) is 2.36. The van der Waals surface area contributed by atoms with Crippen LogP contribution >= 0.6 is 0 Å². The molecule has 1 N–H and O–H groups in total. The second kappa shape index (κ2) is 4.66. The molecule has 0 saturated heterocycles. The molecule has 0 amide bonds. The van der Waals surface area contributed by atoms with Crippen molar-refractivity contribution in [3.63, 3.8) is 0 Å². The first kappa shape index (κ1) is 11.1. The van der Waals surface area contributed by atoms with Crippen molar-refractivity contribution in [1.29, 1.82) is 5.26 Å². The third kappa shape index (κ3) is 2.42. The molecule has 1 aromatic carbocycles. The Morgan fingerprint density at radius 3 is 2.82 bits per heavy atom. The fourth-order valence-corrected chi connectivity index (χ4v) is 1.51. The lowest BCUT2D eigenvalue weighted by molar-refractivity contribution is 0.629. The van der Waals surface area contributed by atoms with Gasteiger partial charge in [-0.15, -0.1) is 0 Å². The number of nitrogens with zero attached hydrogens (tertiary/aromatic N) is 3. The summed E-state index contributed by atoms with van der Waals surface area (Å²) >= 11 is 0. The van der Waals surface area contributed by atoms with Crippen LogP contribution in [0, 0.1) is 17.1 Å². The van der Waals surface area contributed by atoms with Crippen LogP contribution in [-0.4, -0.2) is 9.78 Å². The van der Waals surface area contributed by atoms with Gasteiger partial charge in [0.1, 0.15) is 11.9 Å². The standard InChI is InChI=1S/C12H11FN4/c1-17-8-9(7-15-17)12(6-14)16-11-5-3-2-4-10(11)13/h2-5,7-8,12,16H,1H3. The number of nitriles is 1. The summed E-state index contributed by atoms with van der Waals surface area (Å²) < 4.78 is 15.0. The van der Waals surface area contributed by atoms with E-state index in [1.807, 2.05) is 0 Å². The van der Waals surface area contributed by atoms with E-state index in [1.165, 1.54) is 6.07 Å². The molecule has 2 aromatic rings. The van der Waals surface area contributed by atoms with E-state index in [0.717, 1.165) is 0 Å². The van der Waals surface area contributed by atoms with E-state index in [-0.39, 0.29) is 5.82 Å². The molecule has 1 heterocycles. The lowest BCUT2D eigenvalue weighted by atomic mass is 10.1. The Balaban J connectivity index is 2.22. The van der Waals surface area contributed by atoms with Gasteiger partial charge < -0.3 is 5.32 Å². The molecule has 5 heteroatoms. The van der Waals surface area contributed by atoms with Crippen molar-refractivity contribution in [3.8, 4) is 6.07 Å². The average Bonchev–Trinajstić information content (AvgIpc) is 2.75. The van der Waals surface area contributed by atoms with Crippen molar-refractivity contribution in [3.05, 3.63) is 48.0 Å². The molecule has 86 valence electrons. The van der Waals surface area contributed by atoms with Crippen molar-refractivity contribution in [2.45, 2.75) is 6.04 Å². The highest BCUT2D eigenvalue weighted by molar-refractivity contribution is 5.48. The predicted octanol–water partition coefficient (Wildman–Crippen LogP) is 2.24. The smallest absolute Gasteiger partial charge is 0.146 e. The molecule has 17 heavy (non-hydrogen) atoms. The first-order chi connectivity index (χ1) is 8.20. The molecule has 0 saturated carbocycles. The van der Waals surface area contributed by atoms with Crippen LogP contribution in [-0.2, 0) is 7.05 Å². The van der Waals surface area contributed by atoms with Gasteiger partial charge in [-0.2, -0.15) is 10.4 Å².